The third-order valence-electron chi connectivity index (χ3n) is 4.89. The minimum Gasteiger partial charge on any atom is -0.361 e. The molecule has 0 atom stereocenters. The van der Waals surface area contributed by atoms with Crippen LogP contribution in [0.2, 0.25) is 5.02 Å². The number of anilines is 1. The Kier molecular flexibility index (Phi) is 5.36. The van der Waals surface area contributed by atoms with E-state index in [2.05, 4.69) is 15.6 Å². The Balaban J connectivity index is 1.62. The van der Waals surface area contributed by atoms with Crippen molar-refractivity contribution in [1.82, 2.24) is 14.9 Å². The van der Waals surface area contributed by atoms with E-state index >= 15 is 0 Å². The van der Waals surface area contributed by atoms with Crippen LogP contribution in [0.3, 0.4) is 0 Å². The minimum atomic E-state index is -0.289. The number of carbonyl (C=O) groups is 1. The normalized spacial score (nSPS) is 13.2. The number of hydrogen-bond donors (Lipinski definition) is 2. The lowest BCUT2D eigenvalue weighted by Crippen LogP contribution is -2.26. The monoisotopic (exact) mass is 408 g/mol. The molecule has 0 bridgehead atoms. The lowest BCUT2D eigenvalue weighted by Gasteiger charge is -2.13. The van der Waals surface area contributed by atoms with Crippen LogP contribution in [0.15, 0.2) is 59.7 Å². The van der Waals surface area contributed by atoms with Gasteiger partial charge in [-0.3, -0.25) is 14.2 Å². The van der Waals surface area contributed by atoms with Crippen LogP contribution in [-0.2, 0) is 6.54 Å². The second-order valence-electron chi connectivity index (χ2n) is 7.14. The molecule has 0 unspecified atom stereocenters. The topological polar surface area (TPSA) is 76.0 Å². The molecule has 2 aromatic carbocycles. The van der Waals surface area contributed by atoms with Crippen LogP contribution in [0.25, 0.3) is 5.69 Å². The molecule has 4 rings (SSSR count). The van der Waals surface area contributed by atoms with Crippen molar-refractivity contribution in [1.29, 1.82) is 0 Å². The van der Waals surface area contributed by atoms with Crippen molar-refractivity contribution in [3.05, 3.63) is 86.9 Å². The van der Waals surface area contributed by atoms with Crippen molar-refractivity contribution in [2.75, 3.05) is 5.32 Å². The number of nitrogens with one attached hydrogen (secondary N) is 2. The van der Waals surface area contributed by atoms with E-state index in [-0.39, 0.29) is 23.3 Å². The number of aromatic nitrogens is 2. The number of benzene rings is 2. The van der Waals surface area contributed by atoms with Crippen LogP contribution < -0.4 is 16.2 Å². The summed E-state index contributed by atoms with van der Waals surface area (Å²) in [6, 6.07) is 13.1. The van der Waals surface area contributed by atoms with Crippen molar-refractivity contribution < 1.29 is 4.79 Å². The van der Waals surface area contributed by atoms with Crippen LogP contribution in [0.1, 0.15) is 34.3 Å². The quantitative estimate of drug-likeness (QED) is 0.652. The molecule has 0 radical (unpaired) electrons. The molecule has 1 aromatic heterocycles. The summed E-state index contributed by atoms with van der Waals surface area (Å²) in [6.07, 6.45) is 5.21. The molecule has 2 N–H and O–H groups in total. The standard InChI is InChI=1S/C22H21ClN4O2/c1-14-6-7-15(21(28)26-17-8-9-17)12-19(14)27-11-10-24-20(22(27)29)25-13-16-4-2-3-5-18(16)23/h2-7,10-12,17H,8-9,13H2,1H3,(H,24,25)(H,26,28). The molecule has 7 heteroatoms. The Morgan fingerprint density at radius 1 is 1.24 bits per heavy atom. The molecule has 1 aliphatic rings. The first-order valence-electron chi connectivity index (χ1n) is 9.50. The maximum Gasteiger partial charge on any atom is 0.297 e. The second-order valence-corrected chi connectivity index (χ2v) is 7.55. The van der Waals surface area contributed by atoms with Gasteiger partial charge in [-0.15, -0.1) is 0 Å². The molecule has 0 spiro atoms. The van der Waals surface area contributed by atoms with Gasteiger partial charge in [0.15, 0.2) is 5.82 Å². The molecule has 1 amide bonds. The molecule has 6 nitrogen and oxygen atoms in total. The van der Waals surface area contributed by atoms with Gasteiger partial charge in [-0.1, -0.05) is 35.9 Å². The summed E-state index contributed by atoms with van der Waals surface area (Å²) in [6.45, 7) is 2.29. The Hall–Kier alpha value is -3.12. The summed E-state index contributed by atoms with van der Waals surface area (Å²) < 4.78 is 1.51. The predicted molar refractivity (Wildman–Crippen MR) is 114 cm³/mol. The van der Waals surface area contributed by atoms with E-state index in [1.54, 1.807) is 30.6 Å². The lowest BCUT2D eigenvalue weighted by atomic mass is 10.1. The fourth-order valence-electron chi connectivity index (χ4n) is 3.05. The second kappa shape index (κ2) is 8.09. The van der Waals surface area contributed by atoms with Crippen molar-refractivity contribution in [2.24, 2.45) is 0 Å². The first-order chi connectivity index (χ1) is 14.0. The number of amides is 1. The smallest absolute Gasteiger partial charge is 0.297 e. The Morgan fingerprint density at radius 2 is 2.03 bits per heavy atom. The number of carbonyl (C=O) groups excluding carboxylic acids is 1. The lowest BCUT2D eigenvalue weighted by molar-refractivity contribution is 0.0951. The maximum absolute atomic E-state index is 13.0. The van der Waals surface area contributed by atoms with E-state index in [4.69, 9.17) is 11.6 Å². The fraction of sp³-hybridized carbons (Fsp3) is 0.227. The van der Waals surface area contributed by atoms with E-state index in [9.17, 15) is 9.59 Å². The van der Waals surface area contributed by atoms with Gasteiger partial charge >= 0.3 is 0 Å². The Bertz CT molecular complexity index is 1120. The predicted octanol–water partition coefficient (Wildman–Crippen LogP) is 3.70. The van der Waals surface area contributed by atoms with E-state index in [0.717, 1.165) is 24.0 Å². The highest BCUT2D eigenvalue weighted by molar-refractivity contribution is 6.31. The highest BCUT2D eigenvalue weighted by Gasteiger charge is 2.24. The summed E-state index contributed by atoms with van der Waals surface area (Å²) in [5.74, 6) is 0.104. The first kappa shape index (κ1) is 19.2. The van der Waals surface area contributed by atoms with Crippen molar-refractivity contribution in [3.8, 4) is 5.69 Å². The molecule has 1 saturated carbocycles. The molecule has 0 aliphatic heterocycles. The average Bonchev–Trinajstić information content (AvgIpc) is 3.53. The van der Waals surface area contributed by atoms with Gasteiger partial charge < -0.3 is 10.6 Å². The van der Waals surface area contributed by atoms with E-state index < -0.39 is 0 Å². The first-order valence-corrected chi connectivity index (χ1v) is 9.87. The van der Waals surface area contributed by atoms with E-state index in [0.29, 0.717) is 22.8 Å². The van der Waals surface area contributed by atoms with Gasteiger partial charge in [0.25, 0.3) is 11.5 Å². The zero-order chi connectivity index (χ0) is 20.4. The van der Waals surface area contributed by atoms with E-state index in [1.165, 1.54) is 4.57 Å². The summed E-state index contributed by atoms with van der Waals surface area (Å²) in [7, 11) is 0. The Labute approximate surface area is 173 Å². The number of aryl methyl sites for hydroxylation is 1. The van der Waals surface area contributed by atoms with Crippen molar-refractivity contribution in [3.63, 3.8) is 0 Å². The summed E-state index contributed by atoms with van der Waals surface area (Å²) in [5.41, 5.74) is 2.66. The summed E-state index contributed by atoms with van der Waals surface area (Å²) >= 11 is 6.18. The molecule has 3 aromatic rings. The number of halogens is 1. The van der Waals surface area contributed by atoms with Crippen LogP contribution in [-0.4, -0.2) is 21.5 Å². The largest absolute Gasteiger partial charge is 0.361 e. The SMILES string of the molecule is Cc1ccc(C(=O)NC2CC2)cc1-n1ccnc(NCc2ccccc2Cl)c1=O. The van der Waals surface area contributed by atoms with Crippen LogP contribution in [0.4, 0.5) is 5.82 Å². The zero-order valence-corrected chi connectivity index (χ0v) is 16.7. The molecule has 148 valence electrons. The number of nitrogens with zero attached hydrogens (tertiary/aromatic N) is 2. The van der Waals surface area contributed by atoms with Gasteiger partial charge in [0.1, 0.15) is 0 Å². The molecule has 29 heavy (non-hydrogen) atoms. The molecule has 1 aliphatic carbocycles. The fourth-order valence-corrected chi connectivity index (χ4v) is 3.25. The molecular weight excluding hydrogens is 388 g/mol. The van der Waals surface area contributed by atoms with Crippen LogP contribution in [0, 0.1) is 6.92 Å². The molecule has 0 saturated heterocycles. The van der Waals surface area contributed by atoms with Gasteiger partial charge in [-0.25, -0.2) is 4.98 Å². The van der Waals surface area contributed by atoms with Gasteiger partial charge in [-0.05, 0) is 49.1 Å². The Morgan fingerprint density at radius 3 is 2.79 bits per heavy atom. The van der Waals surface area contributed by atoms with Crippen molar-refractivity contribution >= 4 is 23.3 Å². The molecule has 1 fully saturated rings. The zero-order valence-electron chi connectivity index (χ0n) is 16.0. The van der Waals surface area contributed by atoms with E-state index in [1.807, 2.05) is 31.2 Å². The highest BCUT2D eigenvalue weighted by atomic mass is 35.5. The third-order valence-corrected chi connectivity index (χ3v) is 5.26. The van der Waals surface area contributed by atoms with Gasteiger partial charge in [-0.2, -0.15) is 0 Å². The molecule has 1 heterocycles. The van der Waals surface area contributed by atoms with Gasteiger partial charge in [0, 0.05) is 35.6 Å². The average molecular weight is 409 g/mol. The maximum atomic E-state index is 13.0. The summed E-state index contributed by atoms with van der Waals surface area (Å²) in [5, 5.41) is 6.66. The third kappa shape index (κ3) is 4.32. The van der Waals surface area contributed by atoms with Crippen LogP contribution >= 0.6 is 11.6 Å². The van der Waals surface area contributed by atoms with Gasteiger partial charge in [0.05, 0.1) is 5.69 Å². The van der Waals surface area contributed by atoms with Crippen molar-refractivity contribution in [2.45, 2.75) is 32.4 Å². The number of rotatable bonds is 6. The highest BCUT2D eigenvalue weighted by Crippen LogP contribution is 2.21. The van der Waals surface area contributed by atoms with Crippen LogP contribution in [0.5, 0.6) is 0 Å². The summed E-state index contributed by atoms with van der Waals surface area (Å²) in [4.78, 5) is 29.6. The number of hydrogen-bond acceptors (Lipinski definition) is 4. The minimum absolute atomic E-state index is 0.118. The molecular formula is C22H21ClN4O2. The van der Waals surface area contributed by atoms with Gasteiger partial charge in [0.2, 0.25) is 0 Å².